The van der Waals surface area contributed by atoms with Crippen molar-refractivity contribution in [3.8, 4) is 0 Å². The van der Waals surface area contributed by atoms with Crippen LogP contribution in [0, 0.1) is 0 Å². The molecule has 1 atom stereocenters. The number of aromatic nitrogens is 2. The topological polar surface area (TPSA) is 17.8 Å². The largest absolute Gasteiger partial charge is 0.323 e. The second-order valence-electron chi connectivity index (χ2n) is 5.83. The highest BCUT2D eigenvalue weighted by Crippen LogP contribution is 2.41. The lowest BCUT2D eigenvalue weighted by molar-refractivity contribution is 0.435. The maximum atomic E-state index is 6.64. The third-order valence-electron chi connectivity index (χ3n) is 4.37. The van der Waals surface area contributed by atoms with Gasteiger partial charge in [0, 0.05) is 23.0 Å². The van der Waals surface area contributed by atoms with Crippen molar-refractivity contribution in [1.82, 2.24) is 9.55 Å². The second kappa shape index (κ2) is 8.00. The first kappa shape index (κ1) is 17.2. The van der Waals surface area contributed by atoms with Gasteiger partial charge >= 0.3 is 0 Å². The number of hydrogen-bond acceptors (Lipinski definition) is 1. The summed E-state index contributed by atoms with van der Waals surface area (Å²) in [5.41, 5.74) is 1.78. The predicted molar refractivity (Wildman–Crippen MR) is 105 cm³/mol. The van der Waals surface area contributed by atoms with Crippen molar-refractivity contribution in [2.24, 2.45) is 0 Å². The van der Waals surface area contributed by atoms with E-state index >= 15 is 0 Å². The van der Waals surface area contributed by atoms with Crippen LogP contribution in [0.15, 0.2) is 97.6 Å². The molecule has 0 saturated heterocycles. The van der Waals surface area contributed by atoms with Gasteiger partial charge in [-0.1, -0.05) is 84.4 Å². The molecule has 0 amide bonds. The fourth-order valence-electron chi connectivity index (χ4n) is 3.20. The van der Waals surface area contributed by atoms with Gasteiger partial charge in [-0.05, 0) is 25.0 Å². The summed E-state index contributed by atoms with van der Waals surface area (Å²) in [4.78, 5) is 4.29. The number of nitrogens with zero attached hydrogens (tertiary/aromatic N) is 2. The highest BCUT2D eigenvalue weighted by molar-refractivity contribution is 6.31. The zero-order valence-corrected chi connectivity index (χ0v) is 15.0. The van der Waals surface area contributed by atoms with Crippen molar-refractivity contribution < 1.29 is 0 Å². The van der Waals surface area contributed by atoms with E-state index in [1.807, 2.05) is 62.1 Å². The lowest BCUT2D eigenvalue weighted by atomic mass is 9.79. The molecule has 126 valence electrons. The van der Waals surface area contributed by atoms with Crippen molar-refractivity contribution in [2.45, 2.75) is 18.9 Å². The molecule has 25 heavy (non-hydrogen) atoms. The summed E-state index contributed by atoms with van der Waals surface area (Å²) in [6.07, 6.45) is 14.7. The number of benzene rings is 2. The van der Waals surface area contributed by atoms with E-state index < -0.39 is 5.54 Å². The van der Waals surface area contributed by atoms with E-state index in [-0.39, 0.29) is 0 Å². The van der Waals surface area contributed by atoms with Gasteiger partial charge in [-0.25, -0.2) is 4.98 Å². The molecule has 0 bridgehead atoms. The summed E-state index contributed by atoms with van der Waals surface area (Å²) in [6, 6.07) is 18.5. The fraction of sp³-hybridized carbons (Fsp3) is 0.136. The Labute approximate surface area is 154 Å². The minimum Gasteiger partial charge on any atom is -0.323 e. The molecule has 0 aliphatic carbocycles. The zero-order chi connectivity index (χ0) is 17.5. The van der Waals surface area contributed by atoms with Gasteiger partial charge < -0.3 is 4.57 Å². The number of rotatable bonds is 6. The number of halogens is 1. The summed E-state index contributed by atoms with van der Waals surface area (Å²) >= 11 is 6.64. The van der Waals surface area contributed by atoms with Crippen LogP contribution in [0.3, 0.4) is 0 Å². The van der Waals surface area contributed by atoms with Crippen molar-refractivity contribution in [3.05, 3.63) is 114 Å². The Bertz CT molecular complexity index is 851. The second-order valence-corrected chi connectivity index (χ2v) is 6.24. The molecule has 3 rings (SSSR count). The first-order valence-corrected chi connectivity index (χ1v) is 8.73. The summed E-state index contributed by atoms with van der Waals surface area (Å²) in [5.74, 6) is 0. The predicted octanol–water partition coefficient (Wildman–Crippen LogP) is 5.85. The Morgan fingerprint density at radius 2 is 1.80 bits per heavy atom. The minimum atomic E-state index is -0.450. The van der Waals surface area contributed by atoms with Gasteiger partial charge in [0.05, 0.1) is 6.33 Å². The average molecular weight is 349 g/mol. The van der Waals surface area contributed by atoms with E-state index in [9.17, 15) is 0 Å². The first-order chi connectivity index (χ1) is 12.3. The van der Waals surface area contributed by atoms with Gasteiger partial charge in [-0.15, -0.1) is 0 Å². The van der Waals surface area contributed by atoms with Crippen LogP contribution in [-0.4, -0.2) is 9.55 Å². The van der Waals surface area contributed by atoms with Crippen LogP contribution >= 0.6 is 11.6 Å². The lowest BCUT2D eigenvalue weighted by Crippen LogP contribution is -2.35. The molecule has 0 aliphatic rings. The Hall–Kier alpha value is -2.58. The minimum absolute atomic E-state index is 0.450. The molecule has 2 nitrogen and oxygen atoms in total. The SMILES string of the molecule is C/C=C\C=C/CC(c1ccccc1)(c1ccccc1Cl)n1ccnc1. The number of hydrogen-bond donors (Lipinski definition) is 0. The maximum absolute atomic E-state index is 6.64. The van der Waals surface area contributed by atoms with Crippen molar-refractivity contribution in [1.29, 1.82) is 0 Å². The fourth-order valence-corrected chi connectivity index (χ4v) is 3.49. The standard InChI is InChI=1S/C22H21ClN2/c1-2-3-4-10-15-22(25-17-16-24-18-25,19-11-6-5-7-12-19)20-13-8-9-14-21(20)23/h2-14,16-18H,15H2,1H3/b3-2-,10-4-. The van der Waals surface area contributed by atoms with E-state index in [4.69, 9.17) is 11.6 Å². The summed E-state index contributed by atoms with van der Waals surface area (Å²) in [7, 11) is 0. The van der Waals surface area contributed by atoms with Gasteiger partial charge in [-0.2, -0.15) is 0 Å². The molecule has 3 aromatic rings. The van der Waals surface area contributed by atoms with Gasteiger partial charge in [-0.3, -0.25) is 0 Å². The molecule has 1 heterocycles. The van der Waals surface area contributed by atoms with Gasteiger partial charge in [0.15, 0.2) is 0 Å². The van der Waals surface area contributed by atoms with E-state index in [0.717, 1.165) is 17.0 Å². The van der Waals surface area contributed by atoms with Gasteiger partial charge in [0.2, 0.25) is 0 Å². The average Bonchev–Trinajstić information content (AvgIpc) is 3.19. The molecule has 0 aliphatic heterocycles. The van der Waals surface area contributed by atoms with Gasteiger partial charge in [0.1, 0.15) is 5.54 Å². The molecule has 1 aromatic heterocycles. The van der Waals surface area contributed by atoms with Gasteiger partial charge in [0.25, 0.3) is 0 Å². The molecule has 0 N–H and O–H groups in total. The third-order valence-corrected chi connectivity index (χ3v) is 4.70. The Morgan fingerprint density at radius 3 is 2.48 bits per heavy atom. The number of allylic oxidation sites excluding steroid dienone is 4. The van der Waals surface area contributed by atoms with Crippen LogP contribution in [0.4, 0.5) is 0 Å². The molecule has 2 aromatic carbocycles. The van der Waals surface area contributed by atoms with Crippen molar-refractivity contribution in [3.63, 3.8) is 0 Å². The molecule has 0 spiro atoms. The quantitative estimate of drug-likeness (QED) is 0.511. The van der Waals surface area contributed by atoms with Crippen LogP contribution in [-0.2, 0) is 5.54 Å². The monoisotopic (exact) mass is 348 g/mol. The maximum Gasteiger partial charge on any atom is 0.101 e. The smallest absolute Gasteiger partial charge is 0.101 e. The van der Waals surface area contributed by atoms with E-state index in [1.165, 1.54) is 5.56 Å². The molecule has 3 heteroatoms. The van der Waals surface area contributed by atoms with E-state index in [2.05, 4.69) is 52.0 Å². The number of imidazole rings is 1. The zero-order valence-electron chi connectivity index (χ0n) is 14.2. The molecule has 0 radical (unpaired) electrons. The summed E-state index contributed by atoms with van der Waals surface area (Å²) < 4.78 is 2.14. The van der Waals surface area contributed by atoms with Crippen molar-refractivity contribution in [2.75, 3.05) is 0 Å². The van der Waals surface area contributed by atoms with Crippen LogP contribution in [0.25, 0.3) is 0 Å². The highest BCUT2D eigenvalue weighted by atomic mass is 35.5. The Kier molecular flexibility index (Phi) is 5.52. The third kappa shape index (κ3) is 3.45. The van der Waals surface area contributed by atoms with E-state index in [1.54, 1.807) is 0 Å². The molecular formula is C22H21ClN2. The summed E-state index contributed by atoms with van der Waals surface area (Å²) in [6.45, 7) is 2.01. The van der Waals surface area contributed by atoms with E-state index in [0.29, 0.717) is 0 Å². The lowest BCUT2D eigenvalue weighted by Gasteiger charge is -2.36. The Morgan fingerprint density at radius 1 is 1.04 bits per heavy atom. The first-order valence-electron chi connectivity index (χ1n) is 8.36. The van der Waals surface area contributed by atoms with Crippen LogP contribution < -0.4 is 0 Å². The Balaban J connectivity index is 2.26. The molecule has 0 fully saturated rings. The highest BCUT2D eigenvalue weighted by Gasteiger charge is 2.36. The molecule has 1 unspecified atom stereocenters. The molecule has 0 saturated carbocycles. The normalized spacial score (nSPS) is 14.2. The van der Waals surface area contributed by atoms with Crippen LogP contribution in [0.5, 0.6) is 0 Å². The van der Waals surface area contributed by atoms with Crippen LogP contribution in [0.2, 0.25) is 5.02 Å². The van der Waals surface area contributed by atoms with Crippen molar-refractivity contribution >= 4 is 11.6 Å². The summed E-state index contributed by atoms with van der Waals surface area (Å²) in [5, 5.41) is 0.750. The molecular weight excluding hydrogens is 328 g/mol. The van der Waals surface area contributed by atoms with Crippen LogP contribution in [0.1, 0.15) is 24.5 Å².